The molecule has 28 heavy (non-hydrogen) atoms. The number of hydrogen-bond acceptors (Lipinski definition) is 2. The van der Waals surface area contributed by atoms with Gasteiger partial charge >= 0.3 is 6.03 Å². The van der Waals surface area contributed by atoms with Crippen molar-refractivity contribution in [1.29, 1.82) is 0 Å². The first-order valence-electron chi connectivity index (χ1n) is 12.0. The molecular weight excluding hydrogens is 346 g/mol. The lowest BCUT2D eigenvalue weighted by Gasteiger charge is -2.21. The Hall–Kier alpha value is -1.06. The minimum absolute atomic E-state index is 0.149. The molecule has 0 bridgehead atoms. The molecular formula is C24H49N3O. The number of nitrogens with zero attached hydrogens (tertiary/aromatic N) is 2. The van der Waals surface area contributed by atoms with Gasteiger partial charge in [0, 0.05) is 19.8 Å². The highest BCUT2D eigenvalue weighted by Gasteiger charge is 2.17. The van der Waals surface area contributed by atoms with Gasteiger partial charge in [-0.05, 0) is 31.1 Å². The summed E-state index contributed by atoms with van der Waals surface area (Å²) in [6.45, 7) is 8.98. The third-order valence-electron chi connectivity index (χ3n) is 5.45. The smallest absolute Gasteiger partial charge is 0.329 e. The molecule has 0 rings (SSSR count). The predicted molar refractivity (Wildman–Crippen MR) is 124 cm³/mol. The Labute approximate surface area is 175 Å². The van der Waals surface area contributed by atoms with Gasteiger partial charge in [0.2, 0.25) is 0 Å². The first-order valence-corrected chi connectivity index (χ1v) is 12.0. The summed E-state index contributed by atoms with van der Waals surface area (Å²) in [5, 5.41) is 4.46. The van der Waals surface area contributed by atoms with Crippen LogP contribution in [0.3, 0.4) is 0 Å². The van der Waals surface area contributed by atoms with E-state index in [4.69, 9.17) is 0 Å². The van der Waals surface area contributed by atoms with Gasteiger partial charge in [0.15, 0.2) is 0 Å². The number of urea groups is 1. The van der Waals surface area contributed by atoms with E-state index in [1.165, 1.54) is 81.9 Å². The van der Waals surface area contributed by atoms with E-state index in [2.05, 4.69) is 38.2 Å². The van der Waals surface area contributed by atoms with Crippen LogP contribution in [0, 0.1) is 11.8 Å². The summed E-state index contributed by atoms with van der Waals surface area (Å²) in [5.74, 6) is 1.14. The van der Waals surface area contributed by atoms with Crippen LogP contribution in [0.5, 0.6) is 0 Å². The molecule has 0 heterocycles. The van der Waals surface area contributed by atoms with Crippen molar-refractivity contribution >= 4 is 11.7 Å². The molecule has 0 aromatic carbocycles. The van der Waals surface area contributed by atoms with Crippen LogP contribution in [-0.4, -0.2) is 30.7 Å². The molecule has 0 fully saturated rings. The second kappa shape index (κ2) is 18.0. The Balaban J connectivity index is 4.14. The number of rotatable bonds is 17. The molecule has 0 aliphatic heterocycles. The number of carbonyl (C=O) groups is 1. The number of nitrogens with one attached hydrogen (secondary N) is 1. The summed E-state index contributed by atoms with van der Waals surface area (Å²) >= 11 is 0. The molecule has 0 aliphatic rings. The van der Waals surface area contributed by atoms with Gasteiger partial charge in [-0.25, -0.2) is 10.2 Å². The largest absolute Gasteiger partial charge is 0.337 e. The lowest BCUT2D eigenvalue weighted by molar-refractivity contribution is 0.218. The van der Waals surface area contributed by atoms with Crippen LogP contribution in [-0.2, 0) is 0 Å². The Bertz CT molecular complexity index is 405. The van der Waals surface area contributed by atoms with Gasteiger partial charge in [-0.15, -0.1) is 0 Å². The van der Waals surface area contributed by atoms with Gasteiger partial charge in [-0.1, -0.05) is 98.3 Å². The summed E-state index contributed by atoms with van der Waals surface area (Å²) in [4.78, 5) is 13.3. The third-order valence-corrected chi connectivity index (χ3v) is 5.45. The summed E-state index contributed by atoms with van der Waals surface area (Å²) in [6, 6.07) is -0.149. The van der Waals surface area contributed by atoms with Crippen molar-refractivity contribution in [3.63, 3.8) is 0 Å². The first-order chi connectivity index (χ1) is 13.4. The topological polar surface area (TPSA) is 44.7 Å². The standard InChI is InChI=1S/C24H49N3O/c1-7-9-10-11-12-13-14-15-16-17-18-19-22(20-21(3)4)23(8-2)25-26-24(28)27(5)6/h21-22H,7-20H2,1-6H3,(H,26,28). The molecule has 1 atom stereocenters. The molecule has 4 nitrogen and oxygen atoms in total. The predicted octanol–water partition coefficient (Wildman–Crippen LogP) is 7.39. The monoisotopic (exact) mass is 395 g/mol. The fourth-order valence-corrected chi connectivity index (χ4v) is 3.72. The Kier molecular flexibility index (Phi) is 17.3. The average Bonchev–Trinajstić information content (AvgIpc) is 2.65. The van der Waals surface area contributed by atoms with Crippen molar-refractivity contribution in [2.75, 3.05) is 14.1 Å². The van der Waals surface area contributed by atoms with Crippen molar-refractivity contribution < 1.29 is 4.79 Å². The lowest BCUT2D eigenvalue weighted by Crippen LogP contribution is -2.32. The van der Waals surface area contributed by atoms with Crippen LogP contribution in [0.2, 0.25) is 0 Å². The zero-order valence-electron chi connectivity index (χ0n) is 19.9. The van der Waals surface area contributed by atoms with E-state index in [1.54, 1.807) is 14.1 Å². The Morgan fingerprint density at radius 1 is 0.857 bits per heavy atom. The molecule has 1 unspecified atom stereocenters. The Morgan fingerprint density at radius 2 is 1.36 bits per heavy atom. The maximum atomic E-state index is 11.8. The van der Waals surface area contributed by atoms with Crippen molar-refractivity contribution in [2.24, 2.45) is 16.9 Å². The fraction of sp³-hybridized carbons (Fsp3) is 0.917. The summed E-state index contributed by atoms with van der Waals surface area (Å²) < 4.78 is 0. The SMILES string of the molecule is CCCCCCCCCCCCCC(CC(C)C)C(CC)=NNC(=O)N(C)C. The molecule has 0 aromatic rings. The van der Waals surface area contributed by atoms with Crippen molar-refractivity contribution in [2.45, 2.75) is 118 Å². The number of amides is 2. The quantitative estimate of drug-likeness (QED) is 0.156. The lowest BCUT2D eigenvalue weighted by atomic mass is 9.87. The van der Waals surface area contributed by atoms with Crippen LogP contribution in [0.4, 0.5) is 4.79 Å². The highest BCUT2D eigenvalue weighted by molar-refractivity contribution is 5.87. The molecule has 0 radical (unpaired) electrons. The molecule has 0 aromatic heterocycles. The summed E-state index contributed by atoms with van der Waals surface area (Å²) in [7, 11) is 3.49. The van der Waals surface area contributed by atoms with Gasteiger partial charge in [-0.3, -0.25) is 0 Å². The van der Waals surface area contributed by atoms with Gasteiger partial charge in [0.25, 0.3) is 0 Å². The van der Waals surface area contributed by atoms with Crippen LogP contribution in [0.25, 0.3) is 0 Å². The van der Waals surface area contributed by atoms with Gasteiger partial charge in [0.1, 0.15) is 0 Å². The van der Waals surface area contributed by atoms with E-state index in [9.17, 15) is 4.79 Å². The highest BCUT2D eigenvalue weighted by atomic mass is 16.2. The van der Waals surface area contributed by atoms with Gasteiger partial charge in [0.05, 0.1) is 0 Å². The number of hydrazone groups is 1. The van der Waals surface area contributed by atoms with Crippen LogP contribution < -0.4 is 5.43 Å². The molecule has 4 heteroatoms. The summed E-state index contributed by atoms with van der Waals surface area (Å²) in [6.07, 6.45) is 18.4. The maximum absolute atomic E-state index is 11.8. The van der Waals surface area contributed by atoms with Crippen molar-refractivity contribution in [3.8, 4) is 0 Å². The second-order valence-corrected chi connectivity index (χ2v) is 8.92. The number of carbonyl (C=O) groups excluding carboxylic acids is 1. The van der Waals surface area contributed by atoms with E-state index in [0.29, 0.717) is 11.8 Å². The molecule has 0 aliphatic carbocycles. The number of unbranched alkanes of at least 4 members (excludes halogenated alkanes) is 10. The minimum Gasteiger partial charge on any atom is -0.329 e. The fourth-order valence-electron chi connectivity index (χ4n) is 3.72. The molecule has 0 spiro atoms. The third kappa shape index (κ3) is 14.9. The normalized spacial score (nSPS) is 13.0. The van der Waals surface area contributed by atoms with E-state index < -0.39 is 0 Å². The van der Waals surface area contributed by atoms with Crippen molar-refractivity contribution in [3.05, 3.63) is 0 Å². The summed E-state index contributed by atoms with van der Waals surface area (Å²) in [5.41, 5.74) is 3.85. The van der Waals surface area contributed by atoms with Crippen molar-refractivity contribution in [1.82, 2.24) is 10.3 Å². The van der Waals surface area contributed by atoms with E-state index in [0.717, 1.165) is 18.6 Å². The maximum Gasteiger partial charge on any atom is 0.337 e. The molecule has 0 saturated carbocycles. The molecule has 166 valence electrons. The van der Waals surface area contributed by atoms with Crippen LogP contribution in [0.15, 0.2) is 5.10 Å². The van der Waals surface area contributed by atoms with Gasteiger partial charge < -0.3 is 4.90 Å². The minimum atomic E-state index is -0.149. The second-order valence-electron chi connectivity index (χ2n) is 8.92. The van der Waals surface area contributed by atoms with Crippen LogP contribution in [0.1, 0.15) is 118 Å². The van der Waals surface area contributed by atoms with E-state index in [-0.39, 0.29) is 6.03 Å². The van der Waals surface area contributed by atoms with Gasteiger partial charge in [-0.2, -0.15) is 5.10 Å². The van der Waals surface area contributed by atoms with E-state index in [1.807, 2.05) is 0 Å². The first kappa shape index (κ1) is 26.9. The zero-order chi connectivity index (χ0) is 21.2. The molecule has 1 N–H and O–H groups in total. The molecule has 0 saturated heterocycles. The Morgan fingerprint density at radius 3 is 1.79 bits per heavy atom. The molecule has 2 amide bonds. The number of hydrogen-bond donors (Lipinski definition) is 1. The zero-order valence-corrected chi connectivity index (χ0v) is 19.9. The van der Waals surface area contributed by atoms with Crippen LogP contribution >= 0.6 is 0 Å². The highest BCUT2D eigenvalue weighted by Crippen LogP contribution is 2.22. The average molecular weight is 396 g/mol. The van der Waals surface area contributed by atoms with E-state index >= 15 is 0 Å².